The van der Waals surface area contributed by atoms with Gasteiger partial charge < -0.3 is 20.1 Å². The Morgan fingerprint density at radius 1 is 1.10 bits per heavy atom. The van der Waals surface area contributed by atoms with Crippen molar-refractivity contribution in [2.24, 2.45) is 5.41 Å². The van der Waals surface area contributed by atoms with Gasteiger partial charge in [0.15, 0.2) is 0 Å². The third-order valence-electron chi connectivity index (χ3n) is 4.85. The number of ether oxygens (including phenoxy) is 1. The highest BCUT2D eigenvalue weighted by Crippen LogP contribution is 2.31. The highest BCUT2D eigenvalue weighted by Gasteiger charge is 2.41. The second kappa shape index (κ2) is 13.6. The predicted molar refractivity (Wildman–Crippen MR) is 111 cm³/mol. The van der Waals surface area contributed by atoms with Gasteiger partial charge in [0.25, 0.3) is 0 Å². The summed E-state index contributed by atoms with van der Waals surface area (Å²) in [5, 5.41) is 11.4. The van der Waals surface area contributed by atoms with Crippen LogP contribution in [0.5, 0.6) is 0 Å². The summed E-state index contributed by atoms with van der Waals surface area (Å²) in [5.74, 6) is 0.933. The molecule has 1 rings (SSSR count). The maximum Gasteiger partial charge on any atom is 0.306 e. The van der Waals surface area contributed by atoms with Gasteiger partial charge in [-0.15, -0.1) is 12.3 Å². The Balaban J connectivity index is 2.10. The SMILES string of the molecule is [2H]CC1(COC(=O)CCC(=O)O)CN(C(=O)CCCCCNC(=O)CCCCC#C)C1. The van der Waals surface area contributed by atoms with E-state index in [2.05, 4.69) is 11.2 Å². The number of carbonyl (C=O) groups is 4. The van der Waals surface area contributed by atoms with Crippen LogP contribution in [0.4, 0.5) is 0 Å². The molecule has 8 nitrogen and oxygen atoms in total. The second-order valence-corrected chi connectivity index (χ2v) is 7.88. The van der Waals surface area contributed by atoms with E-state index in [0.29, 0.717) is 38.9 Å². The fourth-order valence-electron chi connectivity index (χ4n) is 3.11. The summed E-state index contributed by atoms with van der Waals surface area (Å²) in [7, 11) is 0. The summed E-state index contributed by atoms with van der Waals surface area (Å²) in [6, 6.07) is 0. The van der Waals surface area contributed by atoms with Gasteiger partial charge in [0.05, 0.1) is 12.8 Å². The molecule has 1 heterocycles. The quantitative estimate of drug-likeness (QED) is 0.237. The lowest BCUT2D eigenvalue weighted by Gasteiger charge is -2.47. The van der Waals surface area contributed by atoms with Gasteiger partial charge in [0.2, 0.25) is 11.8 Å². The minimum absolute atomic E-state index is 0.0128. The zero-order valence-corrected chi connectivity index (χ0v) is 17.6. The molecule has 0 bridgehead atoms. The molecule has 1 fully saturated rings. The van der Waals surface area contributed by atoms with Crippen molar-refractivity contribution in [1.29, 1.82) is 0 Å². The van der Waals surface area contributed by atoms with Crippen molar-refractivity contribution in [2.75, 3.05) is 26.2 Å². The van der Waals surface area contributed by atoms with Gasteiger partial charge in [0.1, 0.15) is 6.61 Å². The number of terminal acetylenes is 1. The molecule has 0 radical (unpaired) electrons. The van der Waals surface area contributed by atoms with E-state index in [4.69, 9.17) is 17.6 Å². The molecule has 1 saturated heterocycles. The second-order valence-electron chi connectivity index (χ2n) is 7.88. The average molecular weight is 424 g/mol. The number of nitrogens with zero attached hydrogens (tertiary/aromatic N) is 1. The van der Waals surface area contributed by atoms with Gasteiger partial charge in [-0.05, 0) is 25.7 Å². The number of unbranched alkanes of at least 4 members (excludes halogenated alkanes) is 4. The third kappa shape index (κ3) is 10.8. The Morgan fingerprint density at radius 2 is 1.83 bits per heavy atom. The van der Waals surface area contributed by atoms with Crippen molar-refractivity contribution in [2.45, 2.75) is 71.1 Å². The number of hydrogen-bond acceptors (Lipinski definition) is 5. The highest BCUT2D eigenvalue weighted by atomic mass is 16.5. The van der Waals surface area contributed by atoms with Crippen molar-refractivity contribution >= 4 is 23.8 Å². The van der Waals surface area contributed by atoms with Crippen LogP contribution in [0.15, 0.2) is 0 Å². The molecule has 2 amide bonds. The van der Waals surface area contributed by atoms with E-state index >= 15 is 0 Å². The summed E-state index contributed by atoms with van der Waals surface area (Å²) < 4.78 is 12.8. The molecule has 0 unspecified atom stereocenters. The van der Waals surface area contributed by atoms with Gasteiger partial charge in [-0.2, -0.15) is 0 Å². The van der Waals surface area contributed by atoms with Crippen LogP contribution in [-0.4, -0.2) is 60.0 Å². The minimum atomic E-state index is -1.06. The summed E-state index contributed by atoms with van der Waals surface area (Å²) in [6.07, 6.45) is 10.3. The maximum atomic E-state index is 12.3. The monoisotopic (exact) mass is 423 g/mol. The lowest BCUT2D eigenvalue weighted by molar-refractivity contribution is -0.158. The molecule has 1 aliphatic rings. The van der Waals surface area contributed by atoms with E-state index in [1.54, 1.807) is 4.90 Å². The molecule has 0 saturated carbocycles. The molecular weight excluding hydrogens is 388 g/mol. The average Bonchev–Trinajstić information content (AvgIpc) is 2.71. The smallest absolute Gasteiger partial charge is 0.306 e. The zero-order chi connectivity index (χ0) is 23.1. The highest BCUT2D eigenvalue weighted by molar-refractivity contribution is 5.78. The van der Waals surface area contributed by atoms with Gasteiger partial charge in [-0.1, -0.05) is 13.3 Å². The van der Waals surface area contributed by atoms with E-state index in [-0.39, 0.29) is 38.2 Å². The third-order valence-corrected chi connectivity index (χ3v) is 4.85. The Morgan fingerprint density at radius 3 is 2.50 bits per heavy atom. The predicted octanol–water partition coefficient (Wildman–Crippen LogP) is 2.11. The van der Waals surface area contributed by atoms with Crippen molar-refractivity contribution in [1.82, 2.24) is 10.2 Å². The van der Waals surface area contributed by atoms with E-state index in [1.807, 2.05) is 0 Å². The van der Waals surface area contributed by atoms with Crippen molar-refractivity contribution in [3.05, 3.63) is 0 Å². The Hall–Kier alpha value is -2.56. The van der Waals surface area contributed by atoms with Crippen LogP contribution < -0.4 is 5.32 Å². The Labute approximate surface area is 180 Å². The molecule has 2 N–H and O–H groups in total. The Bertz CT molecular complexity index is 655. The molecule has 8 heteroatoms. The number of nitrogens with one attached hydrogen (secondary N) is 1. The number of esters is 1. The molecule has 0 atom stereocenters. The van der Waals surface area contributed by atoms with Crippen LogP contribution in [0.25, 0.3) is 0 Å². The first-order valence-electron chi connectivity index (χ1n) is 11.2. The fraction of sp³-hybridized carbons (Fsp3) is 0.727. The van der Waals surface area contributed by atoms with Crippen LogP contribution >= 0.6 is 0 Å². The molecule has 0 aromatic rings. The molecule has 1 aliphatic heterocycles. The van der Waals surface area contributed by atoms with Gasteiger partial charge in [0, 0.05) is 45.7 Å². The van der Waals surface area contributed by atoms with Crippen molar-refractivity contribution < 1.29 is 30.4 Å². The molecule has 0 aliphatic carbocycles. The summed E-state index contributed by atoms with van der Waals surface area (Å²) in [4.78, 5) is 47.6. The largest absolute Gasteiger partial charge is 0.481 e. The number of likely N-dealkylation sites (tertiary alicyclic amines) is 1. The van der Waals surface area contributed by atoms with E-state index in [1.165, 1.54) is 0 Å². The molecule has 0 aromatic carbocycles. The number of carboxylic acid groups (broad SMARTS) is 1. The van der Waals surface area contributed by atoms with E-state index in [0.717, 1.165) is 32.1 Å². The standard InChI is InChI=1S/C22H34N2O6/c1-3-4-5-7-10-18(25)23-14-9-6-8-11-19(26)24-15-22(2,16-24)17-30-21(29)13-12-20(27)28/h1H,4-17H2,2H3,(H,23,25)(H,27,28)/i2D. The summed E-state index contributed by atoms with van der Waals surface area (Å²) in [5.41, 5.74) is -0.557. The van der Waals surface area contributed by atoms with Crippen LogP contribution in [0.1, 0.15) is 72.5 Å². The van der Waals surface area contributed by atoms with Crippen molar-refractivity contribution in [3.63, 3.8) is 0 Å². The first-order chi connectivity index (χ1) is 14.8. The number of amides is 2. The Kier molecular flexibility index (Phi) is 10.8. The van der Waals surface area contributed by atoms with Gasteiger partial charge >= 0.3 is 11.9 Å². The van der Waals surface area contributed by atoms with Gasteiger partial charge in [-0.25, -0.2) is 0 Å². The number of aliphatic carboxylic acids is 1. The van der Waals surface area contributed by atoms with Gasteiger partial charge in [-0.3, -0.25) is 19.2 Å². The number of carbonyl (C=O) groups excluding carboxylic acids is 3. The first-order valence-corrected chi connectivity index (χ1v) is 10.5. The summed E-state index contributed by atoms with van der Waals surface area (Å²) in [6.45, 7) is 1.40. The lowest BCUT2D eigenvalue weighted by Crippen LogP contribution is -2.59. The van der Waals surface area contributed by atoms with Crippen molar-refractivity contribution in [3.8, 4) is 12.3 Å². The summed E-state index contributed by atoms with van der Waals surface area (Å²) >= 11 is 0. The fourth-order valence-corrected chi connectivity index (χ4v) is 3.11. The number of carboxylic acids is 1. The number of rotatable bonds is 15. The molecule has 0 spiro atoms. The lowest BCUT2D eigenvalue weighted by atomic mass is 9.82. The normalized spacial score (nSPS) is 14.8. The topological polar surface area (TPSA) is 113 Å². The first kappa shape index (κ1) is 23.7. The molecule has 168 valence electrons. The molecule has 0 aromatic heterocycles. The molecular formula is C22H34N2O6. The van der Waals surface area contributed by atoms with E-state index in [9.17, 15) is 19.2 Å². The molecule has 30 heavy (non-hydrogen) atoms. The number of hydrogen-bond donors (Lipinski definition) is 2. The van der Waals surface area contributed by atoms with Crippen LogP contribution in [0.2, 0.25) is 0 Å². The zero-order valence-electron chi connectivity index (χ0n) is 18.6. The van der Waals surface area contributed by atoms with Crippen LogP contribution in [-0.2, 0) is 23.9 Å². The van der Waals surface area contributed by atoms with Crippen LogP contribution in [0.3, 0.4) is 0 Å². The van der Waals surface area contributed by atoms with E-state index < -0.39 is 17.4 Å². The maximum absolute atomic E-state index is 12.3. The van der Waals surface area contributed by atoms with Crippen LogP contribution in [0, 0.1) is 17.8 Å². The minimum Gasteiger partial charge on any atom is -0.481 e.